The van der Waals surface area contributed by atoms with E-state index in [2.05, 4.69) is 20.4 Å². The van der Waals surface area contributed by atoms with E-state index in [-0.39, 0.29) is 5.92 Å². The molecular formula is C11H15N5OS. The van der Waals surface area contributed by atoms with Crippen LogP contribution in [0.1, 0.15) is 31.3 Å². The van der Waals surface area contributed by atoms with Gasteiger partial charge in [0.1, 0.15) is 22.9 Å². The van der Waals surface area contributed by atoms with Gasteiger partial charge in [0.25, 0.3) is 5.22 Å². The first kappa shape index (κ1) is 12.8. The summed E-state index contributed by atoms with van der Waals surface area (Å²) >= 11 is 1.35. The van der Waals surface area contributed by atoms with E-state index in [9.17, 15) is 0 Å². The monoisotopic (exact) mass is 265 g/mol. The largest absolute Gasteiger partial charge is 0.439 e. The molecule has 0 saturated heterocycles. The van der Waals surface area contributed by atoms with Gasteiger partial charge in [0.2, 0.25) is 0 Å². The first-order valence-corrected chi connectivity index (χ1v) is 6.35. The normalized spacial score (nSPS) is 10.9. The van der Waals surface area contributed by atoms with Gasteiger partial charge in [-0.25, -0.2) is 20.8 Å². The highest BCUT2D eigenvalue weighted by Gasteiger charge is 2.11. The minimum Gasteiger partial charge on any atom is -0.439 e. The van der Waals surface area contributed by atoms with E-state index in [0.29, 0.717) is 11.0 Å². The number of hydrogen-bond acceptors (Lipinski definition) is 7. The molecule has 96 valence electrons. The number of anilines is 1. The van der Waals surface area contributed by atoms with Crippen molar-refractivity contribution < 1.29 is 4.42 Å². The van der Waals surface area contributed by atoms with Crippen molar-refractivity contribution in [1.29, 1.82) is 0 Å². The second-order valence-corrected chi connectivity index (χ2v) is 5.08. The zero-order valence-electron chi connectivity index (χ0n) is 10.5. The second kappa shape index (κ2) is 5.36. The predicted octanol–water partition coefficient (Wildman–Crippen LogP) is 2.33. The molecule has 0 aromatic carbocycles. The third-order valence-electron chi connectivity index (χ3n) is 2.17. The number of oxazole rings is 1. The zero-order valence-corrected chi connectivity index (χ0v) is 11.3. The number of nitrogens with one attached hydrogen (secondary N) is 1. The average molecular weight is 265 g/mol. The Kier molecular flexibility index (Phi) is 3.83. The van der Waals surface area contributed by atoms with Crippen molar-refractivity contribution >= 4 is 17.6 Å². The van der Waals surface area contributed by atoms with Crippen LogP contribution in [-0.4, -0.2) is 15.0 Å². The first-order chi connectivity index (χ1) is 8.58. The van der Waals surface area contributed by atoms with Gasteiger partial charge in [-0.1, -0.05) is 13.8 Å². The maximum absolute atomic E-state index is 5.40. The average Bonchev–Trinajstić information content (AvgIpc) is 2.74. The van der Waals surface area contributed by atoms with Crippen LogP contribution in [0.3, 0.4) is 0 Å². The lowest BCUT2D eigenvalue weighted by Gasteiger charge is -2.08. The van der Waals surface area contributed by atoms with E-state index in [1.165, 1.54) is 11.8 Å². The molecule has 6 nitrogen and oxygen atoms in total. The zero-order chi connectivity index (χ0) is 13.1. The lowest BCUT2D eigenvalue weighted by molar-refractivity contribution is 0.453. The van der Waals surface area contributed by atoms with Gasteiger partial charge < -0.3 is 9.84 Å². The van der Waals surface area contributed by atoms with Crippen LogP contribution in [0.5, 0.6) is 0 Å². The van der Waals surface area contributed by atoms with Crippen molar-refractivity contribution in [2.45, 2.75) is 36.9 Å². The molecule has 2 heterocycles. The van der Waals surface area contributed by atoms with E-state index in [0.717, 1.165) is 16.5 Å². The molecule has 0 aliphatic carbocycles. The van der Waals surface area contributed by atoms with Gasteiger partial charge in [-0.15, -0.1) is 0 Å². The van der Waals surface area contributed by atoms with Crippen LogP contribution in [0.15, 0.2) is 27.0 Å². The van der Waals surface area contributed by atoms with Gasteiger partial charge in [-0.05, 0) is 18.7 Å². The quantitative estimate of drug-likeness (QED) is 0.498. The summed E-state index contributed by atoms with van der Waals surface area (Å²) in [5.74, 6) is 6.94. The summed E-state index contributed by atoms with van der Waals surface area (Å²) < 4.78 is 5.28. The maximum Gasteiger partial charge on any atom is 0.262 e. The molecular weight excluding hydrogens is 250 g/mol. The molecule has 2 rings (SSSR count). The van der Waals surface area contributed by atoms with Gasteiger partial charge >= 0.3 is 0 Å². The molecule has 7 heteroatoms. The molecule has 2 aromatic heterocycles. The van der Waals surface area contributed by atoms with Crippen LogP contribution in [0, 0.1) is 6.92 Å². The molecule has 0 saturated carbocycles. The Labute approximate surface area is 109 Å². The number of hydrazine groups is 1. The van der Waals surface area contributed by atoms with Crippen LogP contribution < -0.4 is 11.3 Å². The molecule has 0 aliphatic rings. The smallest absolute Gasteiger partial charge is 0.262 e. The molecule has 0 aliphatic heterocycles. The molecule has 0 unspecified atom stereocenters. The number of nitrogens with zero attached hydrogens (tertiary/aromatic N) is 3. The molecule has 0 spiro atoms. The molecule has 0 amide bonds. The van der Waals surface area contributed by atoms with Gasteiger partial charge in [-0.3, -0.25) is 0 Å². The molecule has 3 N–H and O–H groups in total. The van der Waals surface area contributed by atoms with E-state index >= 15 is 0 Å². The third-order valence-corrected chi connectivity index (χ3v) is 2.95. The molecule has 18 heavy (non-hydrogen) atoms. The van der Waals surface area contributed by atoms with Crippen LogP contribution >= 0.6 is 11.8 Å². The summed E-state index contributed by atoms with van der Waals surface area (Å²) in [6, 6.07) is 1.76. The Bertz CT molecular complexity index is 540. The Hall–Kier alpha value is -1.60. The summed E-state index contributed by atoms with van der Waals surface area (Å²) in [6.45, 7) is 5.93. The number of nitrogens with two attached hydrogens (primary N) is 1. The number of aromatic nitrogens is 3. The fourth-order valence-electron chi connectivity index (χ4n) is 1.30. The van der Waals surface area contributed by atoms with Crippen molar-refractivity contribution in [1.82, 2.24) is 15.0 Å². The van der Waals surface area contributed by atoms with E-state index in [4.69, 9.17) is 10.3 Å². The summed E-state index contributed by atoms with van der Waals surface area (Å²) in [5, 5.41) is 1.31. The molecule has 0 fully saturated rings. The number of aryl methyl sites for hydroxylation is 1. The standard InChI is InChI=1S/C11H15N5OS/c1-6(2)10-14-8(16-12)4-9(15-10)18-11-13-7(3)5-17-11/h4-6H,12H2,1-3H3,(H,14,15,16). The first-order valence-electron chi connectivity index (χ1n) is 5.54. The minimum absolute atomic E-state index is 0.226. The lowest BCUT2D eigenvalue weighted by Crippen LogP contribution is -2.11. The summed E-state index contributed by atoms with van der Waals surface area (Å²) in [4.78, 5) is 12.9. The Balaban J connectivity index is 2.29. The Morgan fingerprint density at radius 1 is 1.33 bits per heavy atom. The summed E-state index contributed by atoms with van der Waals surface area (Å²) in [5.41, 5.74) is 3.38. The lowest BCUT2D eigenvalue weighted by atomic mass is 10.2. The van der Waals surface area contributed by atoms with E-state index < -0.39 is 0 Å². The number of hydrogen-bond donors (Lipinski definition) is 2. The highest BCUT2D eigenvalue weighted by Crippen LogP contribution is 2.27. The second-order valence-electron chi connectivity index (χ2n) is 4.11. The van der Waals surface area contributed by atoms with Crippen LogP contribution in [-0.2, 0) is 0 Å². The molecule has 0 bridgehead atoms. The van der Waals surface area contributed by atoms with Crippen LogP contribution in [0.25, 0.3) is 0 Å². The molecule has 2 aromatic rings. The van der Waals surface area contributed by atoms with Crippen molar-refractivity contribution in [2.75, 3.05) is 5.43 Å². The topological polar surface area (TPSA) is 89.9 Å². The number of rotatable bonds is 4. The predicted molar refractivity (Wildman–Crippen MR) is 69.3 cm³/mol. The van der Waals surface area contributed by atoms with Gasteiger partial charge in [0.15, 0.2) is 0 Å². The highest BCUT2D eigenvalue weighted by molar-refractivity contribution is 7.99. The van der Waals surface area contributed by atoms with Crippen molar-refractivity contribution in [3.05, 3.63) is 23.8 Å². The van der Waals surface area contributed by atoms with Crippen LogP contribution in [0.4, 0.5) is 5.82 Å². The summed E-state index contributed by atoms with van der Waals surface area (Å²) in [7, 11) is 0. The van der Waals surface area contributed by atoms with Gasteiger partial charge in [-0.2, -0.15) is 0 Å². The number of nitrogen functional groups attached to an aromatic ring is 1. The van der Waals surface area contributed by atoms with E-state index in [1.807, 2.05) is 20.8 Å². The van der Waals surface area contributed by atoms with Crippen molar-refractivity contribution in [3.8, 4) is 0 Å². The van der Waals surface area contributed by atoms with Crippen molar-refractivity contribution in [2.24, 2.45) is 5.84 Å². The van der Waals surface area contributed by atoms with Crippen molar-refractivity contribution in [3.63, 3.8) is 0 Å². The van der Waals surface area contributed by atoms with Gasteiger partial charge in [0.05, 0.1) is 5.69 Å². The summed E-state index contributed by atoms with van der Waals surface area (Å²) in [6.07, 6.45) is 1.61. The van der Waals surface area contributed by atoms with E-state index in [1.54, 1.807) is 12.3 Å². The highest BCUT2D eigenvalue weighted by atomic mass is 32.2. The fraction of sp³-hybridized carbons (Fsp3) is 0.364. The van der Waals surface area contributed by atoms with Gasteiger partial charge in [0, 0.05) is 12.0 Å². The molecule has 0 radical (unpaired) electrons. The Morgan fingerprint density at radius 2 is 2.11 bits per heavy atom. The third kappa shape index (κ3) is 2.99. The fourth-order valence-corrected chi connectivity index (χ4v) is 2.07. The SMILES string of the molecule is Cc1coc(Sc2cc(NN)nc(C(C)C)n2)n1. The minimum atomic E-state index is 0.226. The molecule has 0 atom stereocenters. The maximum atomic E-state index is 5.40. The van der Waals surface area contributed by atoms with Crippen LogP contribution in [0.2, 0.25) is 0 Å². The Morgan fingerprint density at radius 3 is 2.67 bits per heavy atom.